The van der Waals surface area contributed by atoms with E-state index in [0.717, 1.165) is 43.9 Å². The summed E-state index contributed by atoms with van der Waals surface area (Å²) < 4.78 is 3.95. The van der Waals surface area contributed by atoms with Gasteiger partial charge in [-0.2, -0.15) is 19.7 Å². The first-order valence-corrected chi connectivity index (χ1v) is 8.96. The van der Waals surface area contributed by atoms with Gasteiger partial charge in [-0.1, -0.05) is 18.2 Å². The van der Waals surface area contributed by atoms with Crippen molar-refractivity contribution < 1.29 is 0 Å². The highest BCUT2D eigenvalue weighted by atomic mass is 15.4. The molecule has 0 unspecified atom stereocenters. The van der Waals surface area contributed by atoms with E-state index in [4.69, 9.17) is 4.98 Å². The second-order valence-electron chi connectivity index (χ2n) is 6.91. The van der Waals surface area contributed by atoms with Crippen LogP contribution in [0.2, 0.25) is 0 Å². The fourth-order valence-corrected chi connectivity index (χ4v) is 4.22. The lowest BCUT2D eigenvalue weighted by atomic mass is 10.2. The monoisotopic (exact) mass is 343 g/mol. The van der Waals surface area contributed by atoms with E-state index in [1.54, 1.807) is 6.33 Å². The molecule has 7 heteroatoms. The molecule has 0 saturated carbocycles. The number of fused-ring (bicyclic) bond motifs is 3. The molecular formula is C19H17N7. The molecule has 1 aliphatic carbocycles. The minimum atomic E-state index is 0.696. The lowest BCUT2D eigenvalue weighted by molar-refractivity contribution is 0.744. The number of aromatic nitrogens is 6. The Balaban J connectivity index is 1.46. The van der Waals surface area contributed by atoms with Crippen molar-refractivity contribution in [3.05, 3.63) is 65.4 Å². The molecule has 0 fully saturated rings. The van der Waals surface area contributed by atoms with Gasteiger partial charge < -0.3 is 4.90 Å². The number of hydrogen-bond donors (Lipinski definition) is 0. The van der Waals surface area contributed by atoms with E-state index in [0.29, 0.717) is 5.78 Å². The van der Waals surface area contributed by atoms with Gasteiger partial charge in [0.15, 0.2) is 0 Å². The maximum atomic E-state index is 4.69. The Bertz CT molecular complexity index is 1130. The highest BCUT2D eigenvalue weighted by Crippen LogP contribution is 2.35. The lowest BCUT2D eigenvalue weighted by Gasteiger charge is -2.22. The van der Waals surface area contributed by atoms with Crippen molar-refractivity contribution >= 4 is 11.6 Å². The van der Waals surface area contributed by atoms with Crippen molar-refractivity contribution in [2.75, 3.05) is 4.90 Å². The standard InChI is InChI=1S/C19H17N7/c1-2-5-14(6-3-1)25-17-11-24(10-13(17)9-21-25)18-15-7-4-8-16(15)23-19-20-12-22-26(18)19/h1-3,5-6,9,12H,4,7-8,10-11H2. The lowest BCUT2D eigenvalue weighted by Crippen LogP contribution is -2.22. The third-order valence-corrected chi connectivity index (χ3v) is 5.38. The van der Waals surface area contributed by atoms with E-state index in [-0.39, 0.29) is 0 Å². The van der Waals surface area contributed by atoms with Gasteiger partial charge in [-0.15, -0.1) is 0 Å². The van der Waals surface area contributed by atoms with E-state index in [9.17, 15) is 0 Å². The van der Waals surface area contributed by atoms with Crippen LogP contribution in [0.3, 0.4) is 0 Å². The highest BCUT2D eigenvalue weighted by molar-refractivity contribution is 5.58. The van der Waals surface area contributed by atoms with Crippen LogP contribution in [-0.4, -0.2) is 29.4 Å². The van der Waals surface area contributed by atoms with Crippen molar-refractivity contribution in [3.8, 4) is 5.69 Å². The Hall–Kier alpha value is -3.22. The van der Waals surface area contributed by atoms with Crippen LogP contribution in [0.15, 0.2) is 42.9 Å². The SMILES string of the molecule is c1ccc(-n2ncc3c2CN(c2c4c(nc5ncnn25)CCC4)C3)cc1. The van der Waals surface area contributed by atoms with Crippen LogP contribution in [0.4, 0.5) is 5.82 Å². The molecule has 1 aliphatic heterocycles. The molecule has 0 radical (unpaired) electrons. The summed E-state index contributed by atoms with van der Waals surface area (Å²) in [6, 6.07) is 10.3. The zero-order valence-electron chi connectivity index (χ0n) is 14.2. The molecule has 6 rings (SSSR count). The van der Waals surface area contributed by atoms with Crippen LogP contribution < -0.4 is 4.90 Å². The number of anilines is 1. The quantitative estimate of drug-likeness (QED) is 0.559. The van der Waals surface area contributed by atoms with Gasteiger partial charge in [-0.25, -0.2) is 9.67 Å². The number of rotatable bonds is 2. The van der Waals surface area contributed by atoms with E-state index in [2.05, 4.69) is 36.9 Å². The van der Waals surface area contributed by atoms with Crippen LogP contribution in [0, 0.1) is 0 Å². The molecule has 1 aromatic carbocycles. The maximum absolute atomic E-state index is 4.69. The Morgan fingerprint density at radius 1 is 0.962 bits per heavy atom. The molecule has 4 heterocycles. The van der Waals surface area contributed by atoms with Gasteiger partial charge in [-0.05, 0) is 31.4 Å². The molecule has 2 aliphatic rings. The van der Waals surface area contributed by atoms with Crippen LogP contribution in [0.5, 0.6) is 0 Å². The first kappa shape index (κ1) is 14.0. The first-order valence-electron chi connectivity index (χ1n) is 8.96. The van der Waals surface area contributed by atoms with Crippen molar-refractivity contribution in [2.45, 2.75) is 32.4 Å². The van der Waals surface area contributed by atoms with Crippen LogP contribution in [0.1, 0.15) is 28.9 Å². The number of hydrogen-bond acceptors (Lipinski definition) is 5. The second kappa shape index (κ2) is 5.14. The summed E-state index contributed by atoms with van der Waals surface area (Å²) in [5.41, 5.74) is 6.12. The van der Waals surface area contributed by atoms with Gasteiger partial charge in [0.2, 0.25) is 0 Å². The Kier molecular flexibility index (Phi) is 2.77. The predicted octanol–water partition coefficient (Wildman–Crippen LogP) is 2.32. The van der Waals surface area contributed by atoms with E-state index in [1.165, 1.54) is 22.5 Å². The summed E-state index contributed by atoms with van der Waals surface area (Å²) in [6.07, 6.45) is 6.83. The average Bonchev–Trinajstić information content (AvgIpc) is 3.43. The minimum absolute atomic E-state index is 0.696. The molecule has 128 valence electrons. The third-order valence-electron chi connectivity index (χ3n) is 5.38. The fraction of sp³-hybridized carbons (Fsp3) is 0.263. The highest BCUT2D eigenvalue weighted by Gasteiger charge is 2.30. The Morgan fingerprint density at radius 3 is 2.81 bits per heavy atom. The Labute approximate surface area is 149 Å². The molecule has 0 bridgehead atoms. The van der Waals surface area contributed by atoms with Crippen molar-refractivity contribution in [1.82, 2.24) is 29.4 Å². The van der Waals surface area contributed by atoms with E-state index in [1.807, 2.05) is 28.9 Å². The molecule has 0 N–H and O–H groups in total. The summed E-state index contributed by atoms with van der Waals surface area (Å²) in [4.78, 5) is 11.4. The number of nitrogens with zero attached hydrogens (tertiary/aromatic N) is 7. The van der Waals surface area contributed by atoms with Crippen LogP contribution in [0.25, 0.3) is 11.5 Å². The third kappa shape index (κ3) is 1.88. The Morgan fingerprint density at radius 2 is 1.88 bits per heavy atom. The number of benzene rings is 1. The summed E-state index contributed by atoms with van der Waals surface area (Å²) in [7, 11) is 0. The molecule has 7 nitrogen and oxygen atoms in total. The summed E-state index contributed by atoms with van der Waals surface area (Å²) in [5, 5.41) is 9.05. The molecule has 0 atom stereocenters. The molecule has 4 aromatic rings. The molecule has 26 heavy (non-hydrogen) atoms. The molecular weight excluding hydrogens is 326 g/mol. The maximum Gasteiger partial charge on any atom is 0.254 e. The van der Waals surface area contributed by atoms with Gasteiger partial charge in [0.25, 0.3) is 5.78 Å². The molecule has 0 saturated heterocycles. The first-order chi connectivity index (χ1) is 12.9. The van der Waals surface area contributed by atoms with Crippen molar-refractivity contribution in [3.63, 3.8) is 0 Å². The second-order valence-corrected chi connectivity index (χ2v) is 6.91. The van der Waals surface area contributed by atoms with Gasteiger partial charge in [0.05, 0.1) is 29.8 Å². The summed E-state index contributed by atoms with van der Waals surface area (Å²) in [6.45, 7) is 1.66. The topological polar surface area (TPSA) is 64.1 Å². The molecule has 0 amide bonds. The number of para-hydroxylation sites is 1. The summed E-state index contributed by atoms with van der Waals surface area (Å²) in [5.74, 6) is 1.84. The zero-order valence-corrected chi connectivity index (χ0v) is 14.2. The normalized spacial score (nSPS) is 15.6. The minimum Gasteiger partial charge on any atom is -0.346 e. The average molecular weight is 343 g/mol. The number of aryl methyl sites for hydroxylation is 1. The van der Waals surface area contributed by atoms with E-state index < -0.39 is 0 Å². The van der Waals surface area contributed by atoms with E-state index >= 15 is 0 Å². The predicted molar refractivity (Wildman–Crippen MR) is 96.3 cm³/mol. The van der Waals surface area contributed by atoms with Gasteiger partial charge in [-0.3, -0.25) is 0 Å². The smallest absolute Gasteiger partial charge is 0.254 e. The van der Waals surface area contributed by atoms with Crippen LogP contribution in [-0.2, 0) is 25.9 Å². The van der Waals surface area contributed by atoms with Gasteiger partial charge in [0.1, 0.15) is 12.1 Å². The summed E-state index contributed by atoms with van der Waals surface area (Å²) >= 11 is 0. The van der Waals surface area contributed by atoms with Crippen LogP contribution >= 0.6 is 0 Å². The van der Waals surface area contributed by atoms with Gasteiger partial charge >= 0.3 is 0 Å². The largest absolute Gasteiger partial charge is 0.346 e. The van der Waals surface area contributed by atoms with Gasteiger partial charge in [0, 0.05) is 17.7 Å². The van der Waals surface area contributed by atoms with Crippen molar-refractivity contribution in [1.29, 1.82) is 0 Å². The fourth-order valence-electron chi connectivity index (χ4n) is 4.22. The van der Waals surface area contributed by atoms with Crippen molar-refractivity contribution in [2.24, 2.45) is 0 Å². The molecule has 0 spiro atoms. The zero-order chi connectivity index (χ0) is 17.1. The molecule has 3 aromatic heterocycles.